The molecule has 4 nitrogen and oxygen atoms in total. The van der Waals surface area contributed by atoms with Crippen LogP contribution in [0.1, 0.15) is 47.7 Å². The summed E-state index contributed by atoms with van der Waals surface area (Å²) in [5.74, 6) is -0.916. The lowest BCUT2D eigenvalue weighted by molar-refractivity contribution is 0.0697. The standard InChI is InChI=1S/C19H22ClNO3/c20-16-9-5-14(6-10-16)18(22)4-2-1-3-13-21-17-11-7-15(8-12-17)19(23)24/h5-12,18,21-22H,1-4,13H2,(H,23,24)/t18-/m1/s1. The molecule has 0 saturated heterocycles. The van der Waals surface area contributed by atoms with Gasteiger partial charge in [0.25, 0.3) is 0 Å². The first-order valence-electron chi connectivity index (χ1n) is 8.07. The van der Waals surface area contributed by atoms with Crippen molar-refractivity contribution in [2.24, 2.45) is 0 Å². The van der Waals surface area contributed by atoms with E-state index >= 15 is 0 Å². The Bertz CT molecular complexity index is 641. The zero-order valence-corrected chi connectivity index (χ0v) is 14.2. The normalized spacial score (nSPS) is 11.9. The highest BCUT2D eigenvalue weighted by molar-refractivity contribution is 6.30. The topological polar surface area (TPSA) is 69.6 Å². The second-order valence-corrected chi connectivity index (χ2v) is 6.16. The van der Waals surface area contributed by atoms with E-state index in [1.165, 1.54) is 0 Å². The van der Waals surface area contributed by atoms with E-state index in [1.807, 2.05) is 12.1 Å². The second-order valence-electron chi connectivity index (χ2n) is 5.73. The van der Waals surface area contributed by atoms with Crippen molar-refractivity contribution < 1.29 is 15.0 Å². The summed E-state index contributed by atoms with van der Waals surface area (Å²) in [7, 11) is 0. The van der Waals surface area contributed by atoms with Crippen LogP contribution in [0.5, 0.6) is 0 Å². The van der Waals surface area contributed by atoms with E-state index in [1.54, 1.807) is 36.4 Å². The van der Waals surface area contributed by atoms with E-state index < -0.39 is 12.1 Å². The molecule has 0 saturated carbocycles. The molecule has 128 valence electrons. The van der Waals surface area contributed by atoms with Crippen LogP contribution in [0.3, 0.4) is 0 Å². The number of nitrogens with one attached hydrogen (secondary N) is 1. The summed E-state index contributed by atoms with van der Waals surface area (Å²) in [6, 6.07) is 14.0. The lowest BCUT2D eigenvalue weighted by Gasteiger charge is -2.11. The van der Waals surface area contributed by atoms with Crippen LogP contribution in [0.15, 0.2) is 48.5 Å². The second kappa shape index (κ2) is 9.30. The van der Waals surface area contributed by atoms with Gasteiger partial charge in [0.05, 0.1) is 11.7 Å². The summed E-state index contributed by atoms with van der Waals surface area (Å²) >= 11 is 5.83. The molecule has 2 rings (SSSR count). The molecular formula is C19H22ClNO3. The summed E-state index contributed by atoms with van der Waals surface area (Å²) in [4.78, 5) is 10.8. The molecule has 0 amide bonds. The van der Waals surface area contributed by atoms with Gasteiger partial charge in [0, 0.05) is 17.3 Å². The number of carboxylic acids is 1. The molecule has 0 fully saturated rings. The van der Waals surface area contributed by atoms with Crippen LogP contribution in [-0.2, 0) is 0 Å². The predicted octanol–water partition coefficient (Wildman–Crippen LogP) is 4.74. The van der Waals surface area contributed by atoms with Crippen LogP contribution in [-0.4, -0.2) is 22.7 Å². The van der Waals surface area contributed by atoms with E-state index in [4.69, 9.17) is 16.7 Å². The van der Waals surface area contributed by atoms with Crippen molar-refractivity contribution in [3.8, 4) is 0 Å². The number of aliphatic hydroxyl groups excluding tert-OH is 1. The molecule has 2 aromatic rings. The average molecular weight is 348 g/mol. The van der Waals surface area contributed by atoms with E-state index in [0.717, 1.165) is 43.5 Å². The van der Waals surface area contributed by atoms with Gasteiger partial charge in [0.15, 0.2) is 0 Å². The average Bonchev–Trinajstić information content (AvgIpc) is 2.58. The smallest absolute Gasteiger partial charge is 0.335 e. The number of halogens is 1. The fourth-order valence-corrected chi connectivity index (χ4v) is 2.58. The fraction of sp³-hybridized carbons (Fsp3) is 0.316. The van der Waals surface area contributed by atoms with Gasteiger partial charge in [-0.15, -0.1) is 0 Å². The molecule has 2 aromatic carbocycles. The first-order chi connectivity index (χ1) is 11.6. The fourth-order valence-electron chi connectivity index (χ4n) is 2.45. The highest BCUT2D eigenvalue weighted by Crippen LogP contribution is 2.21. The van der Waals surface area contributed by atoms with Gasteiger partial charge in [0.2, 0.25) is 0 Å². The molecule has 0 heterocycles. The van der Waals surface area contributed by atoms with Gasteiger partial charge in [-0.05, 0) is 54.8 Å². The van der Waals surface area contributed by atoms with Gasteiger partial charge in [0.1, 0.15) is 0 Å². The molecule has 0 aliphatic heterocycles. The Labute approximate surface area is 147 Å². The van der Waals surface area contributed by atoms with Crippen molar-refractivity contribution in [1.29, 1.82) is 0 Å². The lowest BCUT2D eigenvalue weighted by Crippen LogP contribution is -2.03. The van der Waals surface area contributed by atoms with Crippen molar-refractivity contribution >= 4 is 23.3 Å². The Morgan fingerprint density at radius 1 is 1.00 bits per heavy atom. The van der Waals surface area contributed by atoms with Gasteiger partial charge in [-0.3, -0.25) is 0 Å². The maximum absolute atomic E-state index is 10.8. The number of anilines is 1. The number of carbonyl (C=O) groups is 1. The number of rotatable bonds is 9. The van der Waals surface area contributed by atoms with Crippen molar-refractivity contribution in [3.05, 3.63) is 64.7 Å². The van der Waals surface area contributed by atoms with Crippen LogP contribution in [0, 0.1) is 0 Å². The molecule has 0 aliphatic rings. The lowest BCUT2D eigenvalue weighted by atomic mass is 10.0. The molecule has 1 atom stereocenters. The van der Waals surface area contributed by atoms with Gasteiger partial charge in [-0.2, -0.15) is 0 Å². The van der Waals surface area contributed by atoms with Crippen LogP contribution >= 0.6 is 11.6 Å². The number of aliphatic hydroxyl groups is 1. The minimum absolute atomic E-state index is 0.289. The Morgan fingerprint density at radius 3 is 2.29 bits per heavy atom. The SMILES string of the molecule is O=C(O)c1ccc(NCCCCC[C@@H](O)c2ccc(Cl)cc2)cc1. The van der Waals surface area contributed by atoms with Crippen LogP contribution in [0.4, 0.5) is 5.69 Å². The van der Waals surface area contributed by atoms with E-state index in [-0.39, 0.29) is 5.56 Å². The monoisotopic (exact) mass is 347 g/mol. The third kappa shape index (κ3) is 5.87. The van der Waals surface area contributed by atoms with Gasteiger partial charge in [-0.1, -0.05) is 36.6 Å². The van der Waals surface area contributed by atoms with Gasteiger partial charge in [-0.25, -0.2) is 4.79 Å². The molecule has 0 radical (unpaired) electrons. The molecule has 0 aliphatic carbocycles. The third-order valence-electron chi connectivity index (χ3n) is 3.87. The molecule has 0 bridgehead atoms. The largest absolute Gasteiger partial charge is 0.478 e. The number of carboxylic acid groups (broad SMARTS) is 1. The molecule has 3 N–H and O–H groups in total. The summed E-state index contributed by atoms with van der Waals surface area (Å²) in [5.41, 5.74) is 2.11. The molecule has 0 aromatic heterocycles. The Morgan fingerprint density at radius 2 is 1.67 bits per heavy atom. The summed E-state index contributed by atoms with van der Waals surface area (Å²) in [6.45, 7) is 0.823. The first kappa shape index (κ1) is 18.3. The maximum atomic E-state index is 10.8. The number of aromatic carboxylic acids is 1. The van der Waals surface area contributed by atoms with Crippen LogP contribution < -0.4 is 5.32 Å². The summed E-state index contributed by atoms with van der Waals surface area (Å²) in [5, 5.41) is 22.9. The van der Waals surface area contributed by atoms with Gasteiger partial charge >= 0.3 is 5.97 Å². The quantitative estimate of drug-likeness (QED) is 0.573. The van der Waals surface area contributed by atoms with Crippen LogP contribution in [0.2, 0.25) is 5.02 Å². The minimum Gasteiger partial charge on any atom is -0.478 e. The van der Waals surface area contributed by atoms with Crippen molar-refractivity contribution in [1.82, 2.24) is 0 Å². The van der Waals surface area contributed by atoms with Crippen molar-refractivity contribution in [2.45, 2.75) is 31.8 Å². The highest BCUT2D eigenvalue weighted by atomic mass is 35.5. The predicted molar refractivity (Wildman–Crippen MR) is 96.8 cm³/mol. The Kier molecular flexibility index (Phi) is 7.09. The maximum Gasteiger partial charge on any atom is 0.335 e. The van der Waals surface area contributed by atoms with Crippen molar-refractivity contribution in [3.63, 3.8) is 0 Å². The molecule has 0 spiro atoms. The minimum atomic E-state index is -0.916. The Hall–Kier alpha value is -2.04. The van der Waals surface area contributed by atoms with Crippen molar-refractivity contribution in [2.75, 3.05) is 11.9 Å². The number of hydrogen-bond acceptors (Lipinski definition) is 3. The summed E-state index contributed by atoms with van der Waals surface area (Å²) < 4.78 is 0. The van der Waals surface area contributed by atoms with E-state index in [2.05, 4.69) is 5.32 Å². The molecular weight excluding hydrogens is 326 g/mol. The number of unbranched alkanes of at least 4 members (excludes halogenated alkanes) is 2. The zero-order valence-electron chi connectivity index (χ0n) is 13.4. The van der Waals surface area contributed by atoms with E-state index in [0.29, 0.717) is 5.02 Å². The highest BCUT2D eigenvalue weighted by Gasteiger charge is 2.06. The first-order valence-corrected chi connectivity index (χ1v) is 8.45. The zero-order chi connectivity index (χ0) is 17.4. The molecule has 5 heteroatoms. The summed E-state index contributed by atoms with van der Waals surface area (Å²) in [6.07, 6.45) is 3.25. The van der Waals surface area contributed by atoms with Crippen LogP contribution in [0.25, 0.3) is 0 Å². The number of benzene rings is 2. The van der Waals surface area contributed by atoms with Gasteiger partial charge < -0.3 is 15.5 Å². The molecule has 24 heavy (non-hydrogen) atoms. The Balaban J connectivity index is 1.61. The third-order valence-corrected chi connectivity index (χ3v) is 4.12. The van der Waals surface area contributed by atoms with E-state index in [9.17, 15) is 9.90 Å². The number of hydrogen-bond donors (Lipinski definition) is 3. The molecule has 0 unspecified atom stereocenters.